The number of aromatic nitrogens is 2. The maximum Gasteiger partial charge on any atom is 0.273 e. The highest BCUT2D eigenvalue weighted by Crippen LogP contribution is 2.35. The molecule has 2 aromatic carbocycles. The molecule has 0 aliphatic carbocycles. The number of halogens is 3. The summed E-state index contributed by atoms with van der Waals surface area (Å²) in [4.78, 5) is 11.1. The number of rotatable bonds is 8. The average molecular weight is 491 g/mol. The molecule has 1 saturated heterocycles. The average Bonchev–Trinajstić information content (AvgIpc) is 2.80. The van der Waals surface area contributed by atoms with E-state index in [9.17, 15) is 13.2 Å². The highest BCUT2D eigenvalue weighted by Gasteiger charge is 2.29. The number of morpholine rings is 1. The van der Waals surface area contributed by atoms with Gasteiger partial charge in [0.05, 0.1) is 24.8 Å². The molecule has 0 amide bonds. The van der Waals surface area contributed by atoms with Gasteiger partial charge in [-0.15, -0.1) is 0 Å². The van der Waals surface area contributed by atoms with E-state index in [1.807, 2.05) is 7.05 Å². The zero-order valence-electron chi connectivity index (χ0n) is 20.2. The minimum Gasteiger partial charge on any atom is -0.493 e. The molecule has 1 fully saturated rings. The van der Waals surface area contributed by atoms with Crippen LogP contribution < -0.4 is 14.8 Å². The topological polar surface area (TPSA) is 68.7 Å². The Kier molecular flexibility index (Phi) is 7.32. The number of methoxy groups -OCH3 is 1. The van der Waals surface area contributed by atoms with Crippen molar-refractivity contribution in [2.24, 2.45) is 0 Å². The number of benzene rings is 2. The van der Waals surface area contributed by atoms with E-state index in [4.69, 9.17) is 14.2 Å². The van der Waals surface area contributed by atoms with Gasteiger partial charge in [-0.3, -0.25) is 0 Å². The molecule has 7 nitrogen and oxygen atoms in total. The second kappa shape index (κ2) is 10.2. The zero-order chi connectivity index (χ0) is 25.2. The third-order valence-electron chi connectivity index (χ3n) is 5.86. The normalized spacial score (nSPS) is 16.9. The molecule has 1 unspecified atom stereocenters. The standard InChI is InChI=1S/C25H29F3N4O3/c1-15-30-20-11-21(33-4)22(35-14-17-13-32(3)8-9-34-17)10-18(20)24(31-15)29-12-16-6-5-7-19(23(16)26)25(2,27)28/h5-7,10-11,17H,8-9,12-14H2,1-4H3,(H,29,30,31). The van der Waals surface area contributed by atoms with Crippen LogP contribution in [0.3, 0.4) is 0 Å². The number of anilines is 1. The Labute approximate surface area is 202 Å². The number of alkyl halides is 2. The molecule has 0 radical (unpaired) electrons. The summed E-state index contributed by atoms with van der Waals surface area (Å²) >= 11 is 0. The van der Waals surface area contributed by atoms with Crippen LogP contribution >= 0.6 is 0 Å². The summed E-state index contributed by atoms with van der Waals surface area (Å²) < 4.78 is 59.5. The summed E-state index contributed by atoms with van der Waals surface area (Å²) in [5, 5.41) is 3.71. The largest absolute Gasteiger partial charge is 0.493 e. The van der Waals surface area contributed by atoms with Crippen LogP contribution in [-0.2, 0) is 17.2 Å². The molecule has 0 saturated carbocycles. The minimum atomic E-state index is -3.28. The van der Waals surface area contributed by atoms with E-state index >= 15 is 0 Å². The van der Waals surface area contributed by atoms with Crippen LogP contribution in [0.15, 0.2) is 30.3 Å². The van der Waals surface area contributed by atoms with Gasteiger partial charge < -0.3 is 24.4 Å². The van der Waals surface area contributed by atoms with Crippen molar-refractivity contribution in [2.75, 3.05) is 45.8 Å². The summed E-state index contributed by atoms with van der Waals surface area (Å²) in [6.45, 7) is 4.98. The molecule has 2 heterocycles. The Morgan fingerprint density at radius 2 is 2.03 bits per heavy atom. The van der Waals surface area contributed by atoms with Crippen LogP contribution in [0.4, 0.5) is 19.0 Å². The van der Waals surface area contributed by atoms with Crippen LogP contribution in [-0.4, -0.2) is 61.4 Å². The van der Waals surface area contributed by atoms with Crippen molar-refractivity contribution in [1.82, 2.24) is 14.9 Å². The van der Waals surface area contributed by atoms with E-state index in [2.05, 4.69) is 20.2 Å². The fourth-order valence-electron chi connectivity index (χ4n) is 4.04. The first kappa shape index (κ1) is 25.0. The van der Waals surface area contributed by atoms with Crippen LogP contribution in [0, 0.1) is 12.7 Å². The Balaban J connectivity index is 1.61. The Morgan fingerprint density at radius 3 is 2.74 bits per heavy atom. The van der Waals surface area contributed by atoms with Crippen molar-refractivity contribution >= 4 is 16.7 Å². The van der Waals surface area contributed by atoms with Crippen molar-refractivity contribution in [2.45, 2.75) is 32.4 Å². The quantitative estimate of drug-likeness (QED) is 0.498. The molecule has 10 heteroatoms. The van der Waals surface area contributed by atoms with E-state index in [1.165, 1.54) is 12.1 Å². The number of nitrogens with zero attached hydrogens (tertiary/aromatic N) is 3. The van der Waals surface area contributed by atoms with Gasteiger partial charge in [-0.05, 0) is 20.0 Å². The summed E-state index contributed by atoms with van der Waals surface area (Å²) in [6.07, 6.45) is -0.0760. The Bertz CT molecular complexity index is 1200. The van der Waals surface area contributed by atoms with E-state index in [-0.39, 0.29) is 18.2 Å². The van der Waals surface area contributed by atoms with Gasteiger partial charge in [0.1, 0.15) is 30.2 Å². The molecule has 1 aromatic heterocycles. The van der Waals surface area contributed by atoms with Crippen molar-refractivity contribution < 1.29 is 27.4 Å². The number of likely N-dealkylation sites (N-methyl/N-ethyl adjacent to an activating group) is 1. The van der Waals surface area contributed by atoms with E-state index < -0.39 is 17.3 Å². The monoisotopic (exact) mass is 490 g/mol. The van der Waals surface area contributed by atoms with Gasteiger partial charge in [-0.25, -0.2) is 23.1 Å². The summed E-state index contributed by atoms with van der Waals surface area (Å²) in [5.41, 5.74) is 0.0701. The van der Waals surface area contributed by atoms with Gasteiger partial charge in [-0.1, -0.05) is 18.2 Å². The predicted octanol–water partition coefficient (Wildman–Crippen LogP) is 4.52. The first-order valence-electron chi connectivity index (χ1n) is 11.3. The SMILES string of the molecule is COc1cc2nc(C)nc(NCc3cccc(C(C)(F)F)c3F)c2cc1OCC1CN(C)CCO1. The number of aryl methyl sites for hydroxylation is 1. The second-order valence-electron chi connectivity index (χ2n) is 8.73. The fourth-order valence-corrected chi connectivity index (χ4v) is 4.04. The lowest BCUT2D eigenvalue weighted by Crippen LogP contribution is -2.42. The smallest absolute Gasteiger partial charge is 0.273 e. The Morgan fingerprint density at radius 1 is 1.23 bits per heavy atom. The number of nitrogens with one attached hydrogen (secondary N) is 1. The lowest BCUT2D eigenvalue weighted by molar-refractivity contribution is -0.0406. The van der Waals surface area contributed by atoms with Crippen LogP contribution in [0.1, 0.15) is 23.9 Å². The summed E-state index contributed by atoms with van der Waals surface area (Å²) in [7, 11) is 3.58. The van der Waals surface area contributed by atoms with Crippen molar-refractivity contribution in [3.05, 3.63) is 53.1 Å². The third-order valence-corrected chi connectivity index (χ3v) is 5.86. The maximum atomic E-state index is 14.7. The van der Waals surface area contributed by atoms with Gasteiger partial charge in [0.25, 0.3) is 5.92 Å². The lowest BCUT2D eigenvalue weighted by atomic mass is 10.0. The zero-order valence-corrected chi connectivity index (χ0v) is 20.2. The van der Waals surface area contributed by atoms with Crippen molar-refractivity contribution in [3.8, 4) is 11.5 Å². The van der Waals surface area contributed by atoms with Crippen LogP contribution in [0.2, 0.25) is 0 Å². The Hall–Kier alpha value is -3.11. The predicted molar refractivity (Wildman–Crippen MR) is 127 cm³/mol. The second-order valence-corrected chi connectivity index (χ2v) is 8.73. The summed E-state index contributed by atoms with van der Waals surface area (Å²) in [5.74, 6) is -2.30. The lowest BCUT2D eigenvalue weighted by Gasteiger charge is -2.30. The molecular formula is C25H29F3N4O3. The molecule has 0 bridgehead atoms. The molecule has 35 heavy (non-hydrogen) atoms. The molecule has 3 aromatic rings. The first-order valence-corrected chi connectivity index (χ1v) is 11.3. The molecule has 1 N–H and O–H groups in total. The number of hydrogen-bond acceptors (Lipinski definition) is 7. The van der Waals surface area contributed by atoms with Crippen molar-refractivity contribution in [3.63, 3.8) is 0 Å². The molecular weight excluding hydrogens is 461 g/mol. The van der Waals surface area contributed by atoms with E-state index in [1.54, 1.807) is 26.2 Å². The number of hydrogen-bond donors (Lipinski definition) is 1. The van der Waals surface area contributed by atoms with Crippen molar-refractivity contribution in [1.29, 1.82) is 0 Å². The third kappa shape index (κ3) is 5.76. The van der Waals surface area contributed by atoms with Crippen LogP contribution in [0.5, 0.6) is 11.5 Å². The molecule has 0 spiro atoms. The number of ether oxygens (including phenoxy) is 3. The summed E-state index contributed by atoms with van der Waals surface area (Å²) in [6, 6.07) is 7.48. The van der Waals surface area contributed by atoms with Gasteiger partial charge in [0, 0.05) is 43.6 Å². The first-order chi connectivity index (χ1) is 16.7. The molecule has 188 valence electrons. The van der Waals surface area contributed by atoms with Crippen LogP contribution in [0.25, 0.3) is 10.9 Å². The highest BCUT2D eigenvalue weighted by molar-refractivity contribution is 5.91. The highest BCUT2D eigenvalue weighted by atomic mass is 19.3. The molecule has 1 aliphatic heterocycles. The molecule has 4 rings (SSSR count). The van der Waals surface area contributed by atoms with E-state index in [0.29, 0.717) is 54.2 Å². The minimum absolute atomic E-state index is 0.0359. The van der Waals surface area contributed by atoms with Gasteiger partial charge >= 0.3 is 0 Å². The fraction of sp³-hybridized carbons (Fsp3) is 0.440. The van der Waals surface area contributed by atoms with Gasteiger partial charge in [-0.2, -0.15) is 0 Å². The van der Waals surface area contributed by atoms with E-state index in [0.717, 1.165) is 19.2 Å². The van der Waals surface area contributed by atoms with Gasteiger partial charge in [0.2, 0.25) is 0 Å². The molecule has 1 aliphatic rings. The van der Waals surface area contributed by atoms with Gasteiger partial charge in [0.15, 0.2) is 11.5 Å². The maximum absolute atomic E-state index is 14.7. The number of fused-ring (bicyclic) bond motifs is 1. The molecule has 1 atom stereocenters.